The third-order valence-corrected chi connectivity index (χ3v) is 8.00. The zero-order valence-electron chi connectivity index (χ0n) is 21.3. The maximum atomic E-state index is 13.1. The molecule has 2 aliphatic rings. The Morgan fingerprint density at radius 1 is 1.08 bits per heavy atom. The van der Waals surface area contributed by atoms with E-state index in [1.807, 2.05) is 48.7 Å². The molecule has 0 spiro atoms. The van der Waals surface area contributed by atoms with Gasteiger partial charge in [0, 0.05) is 43.5 Å². The Kier molecular flexibility index (Phi) is 6.70. The Bertz CT molecular complexity index is 1430. The molecule has 2 aromatic heterocycles. The Morgan fingerprint density at radius 2 is 1.95 bits per heavy atom. The number of nitrogens with zero attached hydrogens (tertiary/aromatic N) is 3. The molecule has 5 N–H and O–H groups in total. The molecule has 0 bridgehead atoms. The van der Waals surface area contributed by atoms with Crippen LogP contribution in [0, 0.1) is 5.92 Å². The van der Waals surface area contributed by atoms with E-state index in [0.29, 0.717) is 12.2 Å². The number of aliphatic hydroxyl groups is 1. The molecule has 2 atom stereocenters. The van der Waals surface area contributed by atoms with Gasteiger partial charge in [-0.1, -0.05) is 24.3 Å². The minimum absolute atomic E-state index is 0.0308. The molecule has 9 nitrogen and oxygen atoms in total. The Balaban J connectivity index is 1.32. The van der Waals surface area contributed by atoms with Crippen LogP contribution in [-0.2, 0) is 5.41 Å². The summed E-state index contributed by atoms with van der Waals surface area (Å²) in [5, 5.41) is 21.1. The number of aromatic amines is 1. The summed E-state index contributed by atoms with van der Waals surface area (Å²) in [4.78, 5) is 27.8. The number of urea groups is 1. The van der Waals surface area contributed by atoms with Crippen LogP contribution in [0.25, 0.3) is 11.0 Å². The van der Waals surface area contributed by atoms with Gasteiger partial charge in [0.25, 0.3) is 0 Å². The van der Waals surface area contributed by atoms with E-state index in [1.54, 1.807) is 6.33 Å². The molecular formula is C29H33N7O2. The van der Waals surface area contributed by atoms with Crippen molar-refractivity contribution in [2.45, 2.75) is 24.7 Å². The van der Waals surface area contributed by atoms with Crippen molar-refractivity contribution in [1.82, 2.24) is 20.3 Å². The number of aliphatic hydroxyl groups excluding tert-OH is 1. The molecule has 0 radical (unpaired) electrons. The van der Waals surface area contributed by atoms with Gasteiger partial charge in [-0.15, -0.1) is 0 Å². The normalized spacial score (nSPS) is 21.5. The Hall–Kier alpha value is -3.95. The molecule has 2 amide bonds. The molecule has 2 aromatic carbocycles. The molecule has 4 aromatic rings. The summed E-state index contributed by atoms with van der Waals surface area (Å²) in [6, 6.07) is 17.5. The lowest BCUT2D eigenvalue weighted by atomic mass is 9.64. The first-order valence-corrected chi connectivity index (χ1v) is 13.3. The van der Waals surface area contributed by atoms with Crippen LogP contribution >= 0.6 is 0 Å². The number of aromatic nitrogens is 3. The van der Waals surface area contributed by atoms with Crippen molar-refractivity contribution >= 4 is 34.1 Å². The number of hydrogen-bond donors (Lipinski definition) is 5. The maximum Gasteiger partial charge on any atom is 0.323 e. The number of rotatable bonds is 6. The summed E-state index contributed by atoms with van der Waals surface area (Å²) >= 11 is 0. The first-order chi connectivity index (χ1) is 18.7. The smallest absolute Gasteiger partial charge is 0.323 e. The van der Waals surface area contributed by atoms with Gasteiger partial charge in [0.05, 0.1) is 22.5 Å². The van der Waals surface area contributed by atoms with Gasteiger partial charge in [-0.25, -0.2) is 14.8 Å². The molecule has 0 aliphatic carbocycles. The van der Waals surface area contributed by atoms with Crippen molar-refractivity contribution in [3.63, 3.8) is 0 Å². The Labute approximate surface area is 221 Å². The predicted molar refractivity (Wildman–Crippen MR) is 150 cm³/mol. The van der Waals surface area contributed by atoms with Crippen LogP contribution in [0.3, 0.4) is 0 Å². The molecule has 196 valence electrons. The standard InChI is InChI=1S/C29H33N7O2/c37-17-21-10-12-30-18-29(21,26-23-11-13-31-27(23)33-19-32-26)20-6-5-7-22(16-20)34-28(38)35-24-8-1-2-9-25(24)36-14-3-4-15-36/h1-2,5-9,11,13,16,19,21,30,37H,3-4,10,12,14-15,17-18H2,(H,31,32,33)(H2,34,35,38)/t21-,29+/m0/s1. The number of para-hydroxylation sites is 2. The lowest BCUT2D eigenvalue weighted by Gasteiger charge is -2.44. The van der Waals surface area contributed by atoms with E-state index in [2.05, 4.69) is 43.0 Å². The van der Waals surface area contributed by atoms with Crippen molar-refractivity contribution in [3.05, 3.63) is 78.4 Å². The maximum absolute atomic E-state index is 13.1. The second kappa shape index (κ2) is 10.4. The van der Waals surface area contributed by atoms with Gasteiger partial charge in [-0.2, -0.15) is 0 Å². The van der Waals surface area contributed by atoms with Gasteiger partial charge >= 0.3 is 6.03 Å². The highest BCUT2D eigenvalue weighted by Gasteiger charge is 2.46. The van der Waals surface area contributed by atoms with Crippen molar-refractivity contribution in [2.75, 3.05) is 48.3 Å². The minimum Gasteiger partial charge on any atom is -0.396 e. The number of nitrogens with one attached hydrogen (secondary N) is 4. The number of anilines is 3. The minimum atomic E-state index is -0.590. The van der Waals surface area contributed by atoms with Crippen LogP contribution < -0.4 is 20.9 Å². The molecule has 6 rings (SSSR count). The summed E-state index contributed by atoms with van der Waals surface area (Å²) in [6.07, 6.45) is 6.58. The molecule has 4 heterocycles. The van der Waals surface area contributed by atoms with E-state index in [-0.39, 0.29) is 18.6 Å². The third-order valence-electron chi connectivity index (χ3n) is 8.00. The first kappa shape index (κ1) is 24.4. The third kappa shape index (κ3) is 4.37. The quantitative estimate of drug-likeness (QED) is 0.266. The molecular weight excluding hydrogens is 478 g/mol. The highest BCUT2D eigenvalue weighted by Crippen LogP contribution is 2.44. The summed E-state index contributed by atoms with van der Waals surface area (Å²) in [5.74, 6) is -0.0480. The summed E-state index contributed by atoms with van der Waals surface area (Å²) in [5.41, 5.74) is 4.56. The number of carbonyl (C=O) groups excluding carboxylic acids is 1. The van der Waals surface area contributed by atoms with Gasteiger partial charge in [0.15, 0.2) is 0 Å². The predicted octanol–water partition coefficient (Wildman–Crippen LogP) is 4.09. The fourth-order valence-corrected chi connectivity index (χ4v) is 6.15. The molecule has 2 aliphatic heterocycles. The summed E-state index contributed by atoms with van der Waals surface area (Å²) in [6.45, 7) is 3.48. The van der Waals surface area contributed by atoms with Crippen LogP contribution in [0.1, 0.15) is 30.5 Å². The Morgan fingerprint density at radius 3 is 2.82 bits per heavy atom. The van der Waals surface area contributed by atoms with E-state index in [9.17, 15) is 9.90 Å². The summed E-state index contributed by atoms with van der Waals surface area (Å²) in [7, 11) is 0. The highest BCUT2D eigenvalue weighted by molar-refractivity contribution is 6.02. The van der Waals surface area contributed by atoms with Gasteiger partial charge in [0.1, 0.15) is 12.0 Å². The topological polar surface area (TPSA) is 118 Å². The number of hydrogen-bond acceptors (Lipinski definition) is 6. The zero-order valence-corrected chi connectivity index (χ0v) is 21.3. The van der Waals surface area contributed by atoms with E-state index >= 15 is 0 Å². The number of carbonyl (C=O) groups is 1. The van der Waals surface area contributed by atoms with Gasteiger partial charge < -0.3 is 30.9 Å². The molecule has 2 saturated heterocycles. The van der Waals surface area contributed by atoms with Gasteiger partial charge in [-0.05, 0) is 67.6 Å². The summed E-state index contributed by atoms with van der Waals surface area (Å²) < 4.78 is 0. The lowest BCUT2D eigenvalue weighted by Crippen LogP contribution is -2.52. The average molecular weight is 512 g/mol. The van der Waals surface area contributed by atoms with E-state index in [1.165, 1.54) is 12.8 Å². The lowest BCUT2D eigenvalue weighted by molar-refractivity contribution is 0.136. The second-order valence-electron chi connectivity index (χ2n) is 10.1. The first-order valence-electron chi connectivity index (χ1n) is 13.3. The largest absolute Gasteiger partial charge is 0.396 e. The SMILES string of the molecule is O=C(Nc1cccc([C@]2(c3ncnc4[nH]ccc34)CNCC[C@H]2CO)c1)Nc1ccccc1N1CCCC1. The highest BCUT2D eigenvalue weighted by atomic mass is 16.3. The number of benzene rings is 2. The van der Waals surface area contributed by atoms with Gasteiger partial charge in [-0.3, -0.25) is 0 Å². The van der Waals surface area contributed by atoms with Crippen molar-refractivity contribution in [3.8, 4) is 0 Å². The van der Waals surface area contributed by atoms with Gasteiger partial charge in [0.2, 0.25) is 0 Å². The number of fused-ring (bicyclic) bond motifs is 1. The van der Waals surface area contributed by atoms with Crippen LogP contribution in [0.4, 0.5) is 21.9 Å². The van der Waals surface area contributed by atoms with Crippen molar-refractivity contribution in [2.24, 2.45) is 5.92 Å². The zero-order chi connectivity index (χ0) is 26.0. The molecule has 38 heavy (non-hydrogen) atoms. The van der Waals surface area contributed by atoms with Crippen LogP contribution in [0.15, 0.2) is 67.1 Å². The second-order valence-corrected chi connectivity index (χ2v) is 10.1. The molecule has 9 heteroatoms. The average Bonchev–Trinajstić information content (AvgIpc) is 3.66. The number of H-pyrrole nitrogens is 1. The van der Waals surface area contributed by atoms with E-state index in [4.69, 9.17) is 4.98 Å². The monoisotopic (exact) mass is 511 g/mol. The molecule has 2 fully saturated rings. The molecule has 0 unspecified atom stereocenters. The van der Waals surface area contributed by atoms with E-state index in [0.717, 1.165) is 59.7 Å². The van der Waals surface area contributed by atoms with Crippen molar-refractivity contribution < 1.29 is 9.90 Å². The van der Waals surface area contributed by atoms with Crippen LogP contribution in [0.5, 0.6) is 0 Å². The van der Waals surface area contributed by atoms with Crippen LogP contribution in [-0.4, -0.2) is 58.9 Å². The molecule has 0 saturated carbocycles. The van der Waals surface area contributed by atoms with Crippen molar-refractivity contribution in [1.29, 1.82) is 0 Å². The fraction of sp³-hybridized carbons (Fsp3) is 0.345. The fourth-order valence-electron chi connectivity index (χ4n) is 6.15. The number of amides is 2. The van der Waals surface area contributed by atoms with E-state index < -0.39 is 5.41 Å². The van der Waals surface area contributed by atoms with Crippen LogP contribution in [0.2, 0.25) is 0 Å². The number of piperidine rings is 1.